The summed E-state index contributed by atoms with van der Waals surface area (Å²) in [5, 5.41) is 0. The standard InChI is InChI=1S/C21H31ClO2/c1-7-14-10-17-18(20(4,5)9-8-19(17,2)3)11-16(14)21(6)23-13-15(12-22)24-21/h10-11,15H,7-9,12-13H2,1-6H3. The minimum Gasteiger partial charge on any atom is -0.343 e. The molecule has 2 nitrogen and oxygen atoms in total. The van der Waals surface area contributed by atoms with Gasteiger partial charge in [0.15, 0.2) is 5.79 Å². The van der Waals surface area contributed by atoms with Gasteiger partial charge in [-0.15, -0.1) is 11.6 Å². The van der Waals surface area contributed by atoms with E-state index in [1.165, 1.54) is 35.1 Å². The molecule has 0 spiro atoms. The molecule has 1 aliphatic heterocycles. The van der Waals surface area contributed by atoms with Crippen LogP contribution in [0.4, 0.5) is 0 Å². The third-order valence-electron chi connectivity index (χ3n) is 6.06. The molecular formula is C21H31ClO2. The minimum absolute atomic E-state index is 0.0261. The van der Waals surface area contributed by atoms with E-state index in [4.69, 9.17) is 21.1 Å². The third-order valence-corrected chi connectivity index (χ3v) is 6.40. The lowest BCUT2D eigenvalue weighted by atomic mass is 9.62. The van der Waals surface area contributed by atoms with Gasteiger partial charge in [-0.05, 0) is 59.8 Å². The molecule has 0 bridgehead atoms. The van der Waals surface area contributed by atoms with Gasteiger partial charge in [-0.3, -0.25) is 0 Å². The van der Waals surface area contributed by atoms with E-state index in [2.05, 4.69) is 46.8 Å². The molecule has 0 amide bonds. The fraction of sp³-hybridized carbons (Fsp3) is 0.714. The summed E-state index contributed by atoms with van der Waals surface area (Å²) in [4.78, 5) is 0. The first-order valence-corrected chi connectivity index (χ1v) is 9.72. The van der Waals surface area contributed by atoms with E-state index in [0.717, 1.165) is 6.42 Å². The molecule has 2 atom stereocenters. The highest BCUT2D eigenvalue weighted by molar-refractivity contribution is 6.18. The topological polar surface area (TPSA) is 18.5 Å². The Labute approximate surface area is 151 Å². The van der Waals surface area contributed by atoms with E-state index in [1.807, 2.05) is 6.92 Å². The number of aryl methyl sites for hydroxylation is 1. The molecule has 0 aromatic heterocycles. The molecule has 134 valence electrons. The predicted octanol–water partition coefficient (Wildman–Crippen LogP) is 5.42. The van der Waals surface area contributed by atoms with Crippen LogP contribution in [0.5, 0.6) is 0 Å². The largest absolute Gasteiger partial charge is 0.343 e. The summed E-state index contributed by atoms with van der Waals surface area (Å²) in [7, 11) is 0. The first kappa shape index (κ1) is 18.2. The maximum Gasteiger partial charge on any atom is 0.192 e. The summed E-state index contributed by atoms with van der Waals surface area (Å²) in [6, 6.07) is 4.78. The summed E-state index contributed by atoms with van der Waals surface area (Å²) >= 11 is 5.99. The number of alkyl halides is 1. The Morgan fingerprint density at radius 3 is 2.08 bits per heavy atom. The van der Waals surface area contributed by atoms with E-state index >= 15 is 0 Å². The van der Waals surface area contributed by atoms with Crippen LogP contribution in [0.25, 0.3) is 0 Å². The van der Waals surface area contributed by atoms with Gasteiger partial charge in [0.1, 0.15) is 0 Å². The van der Waals surface area contributed by atoms with E-state index in [-0.39, 0.29) is 16.9 Å². The molecule has 24 heavy (non-hydrogen) atoms. The molecule has 1 heterocycles. The second-order valence-corrected chi connectivity index (χ2v) is 9.14. The summed E-state index contributed by atoms with van der Waals surface area (Å²) < 4.78 is 12.3. The maximum atomic E-state index is 6.18. The zero-order chi connectivity index (χ0) is 17.8. The number of benzene rings is 1. The van der Waals surface area contributed by atoms with Crippen molar-refractivity contribution in [2.75, 3.05) is 12.5 Å². The van der Waals surface area contributed by atoms with E-state index < -0.39 is 5.79 Å². The van der Waals surface area contributed by atoms with Gasteiger partial charge in [0.05, 0.1) is 18.6 Å². The molecule has 0 N–H and O–H groups in total. The molecule has 1 aliphatic carbocycles. The number of fused-ring (bicyclic) bond motifs is 1. The van der Waals surface area contributed by atoms with Crippen molar-refractivity contribution in [3.8, 4) is 0 Å². The van der Waals surface area contributed by atoms with Crippen LogP contribution >= 0.6 is 11.6 Å². The van der Waals surface area contributed by atoms with E-state index in [0.29, 0.717) is 12.5 Å². The van der Waals surface area contributed by atoms with Crippen LogP contribution < -0.4 is 0 Å². The number of rotatable bonds is 3. The second kappa shape index (κ2) is 6.00. The van der Waals surface area contributed by atoms with Gasteiger partial charge < -0.3 is 9.47 Å². The molecule has 0 saturated carbocycles. The first-order chi connectivity index (χ1) is 11.1. The molecule has 3 heteroatoms. The number of hydrogen-bond acceptors (Lipinski definition) is 2. The molecule has 3 rings (SSSR count). The Kier molecular flexibility index (Phi) is 4.56. The smallest absolute Gasteiger partial charge is 0.192 e. The van der Waals surface area contributed by atoms with Crippen LogP contribution in [-0.2, 0) is 32.5 Å². The van der Waals surface area contributed by atoms with Gasteiger partial charge in [0.25, 0.3) is 0 Å². The maximum absolute atomic E-state index is 6.18. The highest BCUT2D eigenvalue weighted by Gasteiger charge is 2.43. The normalized spacial score (nSPS) is 31.0. The van der Waals surface area contributed by atoms with Gasteiger partial charge in [-0.25, -0.2) is 0 Å². The monoisotopic (exact) mass is 350 g/mol. The van der Waals surface area contributed by atoms with Crippen molar-refractivity contribution in [3.05, 3.63) is 34.4 Å². The molecule has 1 saturated heterocycles. The van der Waals surface area contributed by atoms with Crippen molar-refractivity contribution < 1.29 is 9.47 Å². The van der Waals surface area contributed by atoms with Crippen LogP contribution in [-0.4, -0.2) is 18.6 Å². The number of hydrogen-bond donors (Lipinski definition) is 0. The highest BCUT2D eigenvalue weighted by atomic mass is 35.5. The Balaban J connectivity index is 2.15. The van der Waals surface area contributed by atoms with Crippen LogP contribution in [0.3, 0.4) is 0 Å². The van der Waals surface area contributed by atoms with Gasteiger partial charge in [0, 0.05) is 5.56 Å². The molecular weight excluding hydrogens is 320 g/mol. The van der Waals surface area contributed by atoms with Crippen molar-refractivity contribution in [1.29, 1.82) is 0 Å². The van der Waals surface area contributed by atoms with Crippen LogP contribution in [0, 0.1) is 0 Å². The molecule has 2 unspecified atom stereocenters. The lowest BCUT2D eigenvalue weighted by Gasteiger charge is -2.43. The zero-order valence-corrected chi connectivity index (χ0v) is 16.7. The molecule has 1 aromatic rings. The van der Waals surface area contributed by atoms with Crippen LogP contribution in [0.15, 0.2) is 12.1 Å². The summed E-state index contributed by atoms with van der Waals surface area (Å²) in [6.45, 7) is 14.3. The van der Waals surface area contributed by atoms with Crippen molar-refractivity contribution in [3.63, 3.8) is 0 Å². The first-order valence-electron chi connectivity index (χ1n) is 9.19. The molecule has 0 radical (unpaired) electrons. The van der Waals surface area contributed by atoms with Gasteiger partial charge in [-0.1, -0.05) is 40.7 Å². The molecule has 2 aliphatic rings. The predicted molar refractivity (Wildman–Crippen MR) is 100 cm³/mol. The van der Waals surface area contributed by atoms with Crippen LogP contribution in [0.2, 0.25) is 0 Å². The SMILES string of the molecule is CCc1cc2c(cc1C1(C)OCC(CCl)O1)C(C)(C)CCC2(C)C. The fourth-order valence-corrected chi connectivity index (χ4v) is 4.38. The fourth-order valence-electron chi connectivity index (χ4n) is 4.23. The summed E-state index contributed by atoms with van der Waals surface area (Å²) in [6.07, 6.45) is 3.39. The average molecular weight is 351 g/mol. The summed E-state index contributed by atoms with van der Waals surface area (Å²) in [5.41, 5.74) is 5.87. The number of ether oxygens (including phenoxy) is 2. The van der Waals surface area contributed by atoms with Crippen molar-refractivity contribution in [2.24, 2.45) is 0 Å². The Bertz CT molecular complexity index is 635. The summed E-state index contributed by atoms with van der Waals surface area (Å²) in [5.74, 6) is -0.210. The Hall–Kier alpha value is -0.570. The lowest BCUT2D eigenvalue weighted by molar-refractivity contribution is -0.160. The van der Waals surface area contributed by atoms with E-state index in [1.54, 1.807) is 0 Å². The van der Waals surface area contributed by atoms with Crippen molar-refractivity contribution in [1.82, 2.24) is 0 Å². The highest BCUT2D eigenvalue weighted by Crippen LogP contribution is 2.48. The minimum atomic E-state index is -0.683. The van der Waals surface area contributed by atoms with E-state index in [9.17, 15) is 0 Å². The Morgan fingerprint density at radius 1 is 1.00 bits per heavy atom. The quantitative estimate of drug-likeness (QED) is 0.677. The van der Waals surface area contributed by atoms with Gasteiger partial charge >= 0.3 is 0 Å². The molecule has 1 aromatic carbocycles. The second-order valence-electron chi connectivity index (χ2n) is 8.83. The van der Waals surface area contributed by atoms with Gasteiger partial charge in [-0.2, -0.15) is 0 Å². The van der Waals surface area contributed by atoms with Gasteiger partial charge in [0.2, 0.25) is 0 Å². The van der Waals surface area contributed by atoms with Crippen LogP contribution in [0.1, 0.15) is 76.6 Å². The lowest BCUT2D eigenvalue weighted by Crippen LogP contribution is -2.35. The number of halogens is 1. The zero-order valence-electron chi connectivity index (χ0n) is 16.0. The molecule has 1 fully saturated rings. The van der Waals surface area contributed by atoms with Crippen molar-refractivity contribution in [2.45, 2.75) is 83.5 Å². The Morgan fingerprint density at radius 2 is 1.58 bits per heavy atom. The average Bonchev–Trinajstić information content (AvgIpc) is 2.93. The van der Waals surface area contributed by atoms with Crippen molar-refractivity contribution >= 4 is 11.6 Å². The third kappa shape index (κ3) is 2.91.